The van der Waals surface area contributed by atoms with E-state index in [0.717, 1.165) is 0 Å². The lowest BCUT2D eigenvalue weighted by Crippen LogP contribution is -2.40. The predicted octanol–water partition coefficient (Wildman–Crippen LogP) is 3.96. The highest BCUT2D eigenvalue weighted by Gasteiger charge is 2.38. The van der Waals surface area contributed by atoms with Crippen LogP contribution in [0.4, 0.5) is 16.0 Å². The summed E-state index contributed by atoms with van der Waals surface area (Å²) in [5.74, 6) is -0.914. The van der Waals surface area contributed by atoms with E-state index in [0.29, 0.717) is 27.9 Å². The number of esters is 1. The molecule has 10 heteroatoms. The number of anilines is 2. The van der Waals surface area contributed by atoms with Gasteiger partial charge in [-0.25, -0.2) is 13.9 Å². The molecule has 1 aliphatic rings. The Morgan fingerprint density at radius 1 is 1.21 bits per heavy atom. The van der Waals surface area contributed by atoms with Crippen molar-refractivity contribution >= 4 is 35.1 Å². The number of hydrogen-bond donors (Lipinski definition) is 1. The highest BCUT2D eigenvalue weighted by atomic mass is 35.5. The predicted molar refractivity (Wildman–Crippen MR) is 121 cm³/mol. The smallest absolute Gasteiger partial charge is 0.338 e. The third kappa shape index (κ3) is 4.58. The lowest BCUT2D eigenvalue weighted by Gasteiger charge is -2.35. The molecule has 0 saturated heterocycles. The van der Waals surface area contributed by atoms with Gasteiger partial charge in [0, 0.05) is 16.4 Å². The summed E-state index contributed by atoms with van der Waals surface area (Å²) in [6.45, 7) is 3.47. The van der Waals surface area contributed by atoms with Crippen molar-refractivity contribution in [3.05, 3.63) is 82.5 Å². The van der Waals surface area contributed by atoms with E-state index in [1.807, 2.05) is 0 Å². The average molecular weight is 470 g/mol. The SMILES string of the molecule is CCOC(=O)C1=C(C)N(CC(=O)Nc2cccc(Cl)c2)c2ncnn2C1c1ccc(F)cc1. The van der Waals surface area contributed by atoms with Gasteiger partial charge in [0.1, 0.15) is 24.7 Å². The fourth-order valence-corrected chi connectivity index (χ4v) is 3.95. The van der Waals surface area contributed by atoms with Crippen LogP contribution in [0.3, 0.4) is 0 Å². The molecule has 0 radical (unpaired) electrons. The molecule has 0 saturated carbocycles. The first-order chi connectivity index (χ1) is 15.9. The minimum atomic E-state index is -0.686. The molecule has 1 unspecified atom stereocenters. The molecule has 2 heterocycles. The van der Waals surface area contributed by atoms with E-state index in [2.05, 4.69) is 15.4 Å². The van der Waals surface area contributed by atoms with Crippen LogP contribution in [0.5, 0.6) is 0 Å². The van der Waals surface area contributed by atoms with Gasteiger partial charge in [-0.3, -0.25) is 4.79 Å². The number of carbonyl (C=O) groups excluding carboxylic acids is 2. The van der Waals surface area contributed by atoms with E-state index in [1.165, 1.54) is 23.1 Å². The van der Waals surface area contributed by atoms with Gasteiger partial charge < -0.3 is 15.0 Å². The normalized spacial score (nSPS) is 15.3. The first-order valence-corrected chi connectivity index (χ1v) is 10.6. The summed E-state index contributed by atoms with van der Waals surface area (Å²) < 4.78 is 20.4. The van der Waals surface area contributed by atoms with Gasteiger partial charge in [0.25, 0.3) is 0 Å². The molecule has 8 nitrogen and oxygen atoms in total. The van der Waals surface area contributed by atoms with Gasteiger partial charge in [0.15, 0.2) is 0 Å². The van der Waals surface area contributed by atoms with Crippen molar-refractivity contribution in [2.75, 3.05) is 23.4 Å². The van der Waals surface area contributed by atoms with Crippen LogP contribution in [0.15, 0.2) is 66.1 Å². The van der Waals surface area contributed by atoms with Gasteiger partial charge in [-0.2, -0.15) is 10.1 Å². The number of benzene rings is 2. The monoisotopic (exact) mass is 469 g/mol. The maximum absolute atomic E-state index is 13.6. The molecule has 0 bridgehead atoms. The Morgan fingerprint density at radius 2 is 1.97 bits per heavy atom. The van der Waals surface area contributed by atoms with Crippen molar-refractivity contribution in [1.82, 2.24) is 14.8 Å². The Balaban J connectivity index is 1.73. The zero-order valence-electron chi connectivity index (χ0n) is 18.0. The number of rotatable bonds is 6. The molecular weight excluding hydrogens is 449 g/mol. The van der Waals surface area contributed by atoms with E-state index in [-0.39, 0.29) is 24.6 Å². The van der Waals surface area contributed by atoms with Crippen molar-refractivity contribution in [3.8, 4) is 0 Å². The Morgan fingerprint density at radius 3 is 2.67 bits per heavy atom. The molecule has 4 rings (SSSR count). The van der Waals surface area contributed by atoms with Crippen LogP contribution in [0.25, 0.3) is 0 Å². The Hall–Kier alpha value is -3.72. The van der Waals surface area contributed by atoms with Crippen LogP contribution in [0, 0.1) is 5.82 Å². The summed E-state index contributed by atoms with van der Waals surface area (Å²) in [4.78, 5) is 31.7. The van der Waals surface area contributed by atoms with Crippen molar-refractivity contribution in [1.29, 1.82) is 0 Å². The number of carbonyl (C=O) groups is 2. The molecule has 2 aromatic carbocycles. The molecule has 0 aliphatic carbocycles. The number of aromatic nitrogens is 3. The average Bonchev–Trinajstić information content (AvgIpc) is 3.25. The molecule has 1 amide bonds. The molecule has 0 fully saturated rings. The standard InChI is InChI=1S/C23H21ClFN5O3/c1-3-33-22(32)20-14(2)29(12-19(31)28-18-6-4-5-16(24)11-18)23-26-13-27-30(23)21(20)15-7-9-17(25)10-8-15/h4-11,13,21H,3,12H2,1-2H3,(H,28,31). The maximum Gasteiger partial charge on any atom is 0.338 e. The minimum Gasteiger partial charge on any atom is -0.463 e. The minimum absolute atomic E-state index is 0.129. The van der Waals surface area contributed by atoms with Crippen molar-refractivity contribution < 1.29 is 18.7 Å². The highest BCUT2D eigenvalue weighted by molar-refractivity contribution is 6.30. The molecule has 1 atom stereocenters. The summed E-state index contributed by atoms with van der Waals surface area (Å²) in [6, 6.07) is 11.9. The number of ether oxygens (including phenoxy) is 1. The van der Waals surface area contributed by atoms with Crippen LogP contribution in [-0.4, -0.2) is 39.8 Å². The van der Waals surface area contributed by atoms with Crippen LogP contribution in [0.1, 0.15) is 25.5 Å². The summed E-state index contributed by atoms with van der Waals surface area (Å²) in [5, 5.41) is 7.58. The summed E-state index contributed by atoms with van der Waals surface area (Å²) in [7, 11) is 0. The zero-order chi connectivity index (χ0) is 23.5. The van der Waals surface area contributed by atoms with Gasteiger partial charge in [0.05, 0.1) is 12.2 Å². The summed E-state index contributed by atoms with van der Waals surface area (Å²) in [6.07, 6.45) is 1.34. The van der Waals surface area contributed by atoms with Crippen LogP contribution < -0.4 is 10.2 Å². The van der Waals surface area contributed by atoms with Gasteiger partial charge >= 0.3 is 5.97 Å². The third-order valence-electron chi connectivity index (χ3n) is 5.20. The van der Waals surface area contributed by atoms with Gasteiger partial charge in [-0.1, -0.05) is 29.8 Å². The van der Waals surface area contributed by atoms with Gasteiger partial charge in [-0.05, 0) is 49.7 Å². The highest BCUT2D eigenvalue weighted by Crippen LogP contribution is 2.38. The number of fused-ring (bicyclic) bond motifs is 1. The Kier molecular flexibility index (Phi) is 6.41. The van der Waals surface area contributed by atoms with Crippen LogP contribution >= 0.6 is 11.6 Å². The van der Waals surface area contributed by atoms with E-state index >= 15 is 0 Å². The van der Waals surface area contributed by atoms with Gasteiger partial charge in [0.2, 0.25) is 11.9 Å². The van der Waals surface area contributed by atoms with E-state index < -0.39 is 17.8 Å². The fourth-order valence-electron chi connectivity index (χ4n) is 3.76. The lowest BCUT2D eigenvalue weighted by atomic mass is 9.95. The molecule has 1 N–H and O–H groups in total. The Bertz CT molecular complexity index is 1220. The molecule has 170 valence electrons. The van der Waals surface area contributed by atoms with Crippen molar-refractivity contribution in [3.63, 3.8) is 0 Å². The molecule has 33 heavy (non-hydrogen) atoms. The number of amides is 1. The largest absolute Gasteiger partial charge is 0.463 e. The number of allylic oxidation sites excluding steroid dienone is 1. The number of halogens is 2. The second-order valence-corrected chi connectivity index (χ2v) is 7.76. The molecule has 1 aliphatic heterocycles. The molecule has 1 aromatic heterocycles. The first kappa shape index (κ1) is 22.5. The second-order valence-electron chi connectivity index (χ2n) is 7.32. The summed E-state index contributed by atoms with van der Waals surface area (Å²) >= 11 is 6.00. The van der Waals surface area contributed by atoms with Crippen molar-refractivity contribution in [2.45, 2.75) is 19.9 Å². The first-order valence-electron chi connectivity index (χ1n) is 10.2. The number of nitrogens with zero attached hydrogens (tertiary/aromatic N) is 4. The molecular formula is C23H21ClFN5O3. The third-order valence-corrected chi connectivity index (χ3v) is 5.43. The van der Waals surface area contributed by atoms with E-state index in [4.69, 9.17) is 16.3 Å². The number of nitrogens with one attached hydrogen (secondary N) is 1. The van der Waals surface area contributed by atoms with Gasteiger partial charge in [-0.15, -0.1) is 0 Å². The lowest BCUT2D eigenvalue weighted by molar-refractivity contribution is -0.139. The Labute approximate surface area is 194 Å². The quantitative estimate of drug-likeness (QED) is 0.550. The summed E-state index contributed by atoms with van der Waals surface area (Å²) in [5.41, 5.74) is 1.96. The maximum atomic E-state index is 13.6. The van der Waals surface area contributed by atoms with Crippen LogP contribution in [0.2, 0.25) is 5.02 Å². The fraction of sp³-hybridized carbons (Fsp3) is 0.217. The van der Waals surface area contributed by atoms with Crippen molar-refractivity contribution in [2.24, 2.45) is 0 Å². The van der Waals surface area contributed by atoms with Crippen LogP contribution in [-0.2, 0) is 14.3 Å². The molecule has 0 spiro atoms. The van der Waals surface area contributed by atoms with E-state index in [9.17, 15) is 14.0 Å². The second kappa shape index (κ2) is 9.41. The zero-order valence-corrected chi connectivity index (χ0v) is 18.7. The number of hydrogen-bond acceptors (Lipinski definition) is 6. The topological polar surface area (TPSA) is 89.3 Å². The molecule has 3 aromatic rings. The van der Waals surface area contributed by atoms with E-state index in [1.54, 1.807) is 55.1 Å².